The summed E-state index contributed by atoms with van der Waals surface area (Å²) >= 11 is 0. The lowest BCUT2D eigenvalue weighted by atomic mass is 9.81. The molecular formula is C20H19O8-. The SMILES string of the molecule is C[C@H](O)CCC[C@H](O)c1c(O)cc2c(c1[O-])C(=O)c1c(O)cc(O)cc1C2=O. The van der Waals surface area contributed by atoms with Gasteiger partial charge in [0.15, 0.2) is 11.6 Å². The first kappa shape index (κ1) is 19.7. The summed E-state index contributed by atoms with van der Waals surface area (Å²) in [5.74, 6) is -4.43. The Bertz CT molecular complexity index is 977. The number of aliphatic hydroxyl groups excluding tert-OH is 2. The molecule has 5 N–H and O–H groups in total. The van der Waals surface area contributed by atoms with E-state index in [2.05, 4.69) is 0 Å². The van der Waals surface area contributed by atoms with Crippen molar-refractivity contribution in [3.63, 3.8) is 0 Å². The van der Waals surface area contributed by atoms with Gasteiger partial charge in [-0.3, -0.25) is 9.59 Å². The second-order valence-electron chi connectivity index (χ2n) is 6.90. The lowest BCUT2D eigenvalue weighted by molar-refractivity contribution is -0.271. The van der Waals surface area contributed by atoms with Crippen molar-refractivity contribution in [2.45, 2.75) is 38.4 Å². The highest BCUT2D eigenvalue weighted by Gasteiger charge is 2.35. The molecule has 0 spiro atoms. The minimum absolute atomic E-state index is 0.0599. The number of phenols is 3. The van der Waals surface area contributed by atoms with Crippen LogP contribution in [0.4, 0.5) is 0 Å². The van der Waals surface area contributed by atoms with E-state index >= 15 is 0 Å². The van der Waals surface area contributed by atoms with Crippen molar-refractivity contribution >= 4 is 11.6 Å². The van der Waals surface area contributed by atoms with Crippen LogP contribution >= 0.6 is 0 Å². The second kappa shape index (κ2) is 7.14. The Kier molecular flexibility index (Phi) is 5.01. The average Bonchev–Trinajstić information content (AvgIpc) is 2.58. The predicted octanol–water partition coefficient (Wildman–Crippen LogP) is 1.24. The first-order valence-electron chi connectivity index (χ1n) is 8.71. The number of ketones is 2. The zero-order valence-corrected chi connectivity index (χ0v) is 15.0. The van der Waals surface area contributed by atoms with Gasteiger partial charge in [-0.05, 0) is 38.3 Å². The Morgan fingerprint density at radius 2 is 1.54 bits per heavy atom. The van der Waals surface area contributed by atoms with E-state index in [9.17, 15) is 40.2 Å². The Balaban J connectivity index is 2.10. The molecule has 0 fully saturated rings. The van der Waals surface area contributed by atoms with E-state index in [4.69, 9.17) is 0 Å². The number of rotatable bonds is 5. The molecule has 3 rings (SSSR count). The first-order valence-corrected chi connectivity index (χ1v) is 8.71. The topological polar surface area (TPSA) is 158 Å². The van der Waals surface area contributed by atoms with Gasteiger partial charge in [-0.1, -0.05) is 5.75 Å². The number of benzene rings is 2. The van der Waals surface area contributed by atoms with Crippen molar-refractivity contribution in [3.05, 3.63) is 46.0 Å². The van der Waals surface area contributed by atoms with Gasteiger partial charge in [0, 0.05) is 28.3 Å². The van der Waals surface area contributed by atoms with E-state index in [0.29, 0.717) is 12.8 Å². The summed E-state index contributed by atoms with van der Waals surface area (Å²) in [5.41, 5.74) is -2.00. The smallest absolute Gasteiger partial charge is 0.197 e. The van der Waals surface area contributed by atoms with Gasteiger partial charge in [-0.25, -0.2) is 0 Å². The van der Waals surface area contributed by atoms with Crippen LogP contribution in [0, 0.1) is 0 Å². The second-order valence-corrected chi connectivity index (χ2v) is 6.90. The molecule has 0 radical (unpaired) electrons. The molecule has 1 aliphatic rings. The van der Waals surface area contributed by atoms with Crippen LogP contribution in [0.3, 0.4) is 0 Å². The average molecular weight is 387 g/mol. The normalized spacial score (nSPS) is 15.1. The fourth-order valence-electron chi connectivity index (χ4n) is 3.44. The fraction of sp³-hybridized carbons (Fsp3) is 0.300. The van der Waals surface area contributed by atoms with Crippen LogP contribution in [0.1, 0.15) is 69.7 Å². The van der Waals surface area contributed by atoms with Gasteiger partial charge in [0.05, 0.1) is 17.8 Å². The Morgan fingerprint density at radius 3 is 2.18 bits per heavy atom. The Hall–Kier alpha value is -3.10. The molecule has 8 heteroatoms. The highest BCUT2D eigenvalue weighted by atomic mass is 16.3. The highest BCUT2D eigenvalue weighted by molar-refractivity contribution is 6.30. The molecule has 0 saturated heterocycles. The van der Waals surface area contributed by atoms with E-state index in [1.807, 2.05) is 0 Å². The van der Waals surface area contributed by atoms with Crippen molar-refractivity contribution in [3.8, 4) is 23.0 Å². The molecular weight excluding hydrogens is 368 g/mol. The summed E-state index contributed by atoms with van der Waals surface area (Å²) in [5, 5.41) is 62.2. The third-order valence-electron chi connectivity index (χ3n) is 4.78. The van der Waals surface area contributed by atoms with E-state index < -0.39 is 63.5 Å². The highest BCUT2D eigenvalue weighted by Crippen LogP contribution is 2.44. The third-order valence-corrected chi connectivity index (χ3v) is 4.78. The molecule has 1 aliphatic carbocycles. The zero-order valence-electron chi connectivity index (χ0n) is 15.0. The van der Waals surface area contributed by atoms with Gasteiger partial charge in [0.1, 0.15) is 17.2 Å². The number of aliphatic hydroxyl groups is 2. The van der Waals surface area contributed by atoms with E-state index in [1.54, 1.807) is 6.92 Å². The lowest BCUT2D eigenvalue weighted by Gasteiger charge is -2.28. The van der Waals surface area contributed by atoms with Gasteiger partial charge in [0.2, 0.25) is 0 Å². The molecule has 0 heterocycles. The molecule has 0 saturated carbocycles. The first-order chi connectivity index (χ1) is 13.1. The van der Waals surface area contributed by atoms with Gasteiger partial charge in [0.25, 0.3) is 0 Å². The van der Waals surface area contributed by atoms with Crippen LogP contribution in [0.5, 0.6) is 23.0 Å². The number of aromatic hydroxyl groups is 3. The van der Waals surface area contributed by atoms with Gasteiger partial charge >= 0.3 is 0 Å². The number of phenolic OH excluding ortho intramolecular Hbond substituents is 3. The maximum atomic E-state index is 12.8. The predicted molar refractivity (Wildman–Crippen MR) is 94.7 cm³/mol. The minimum Gasteiger partial charge on any atom is -0.872 e. The number of carbonyl (C=O) groups is 2. The molecule has 148 valence electrons. The molecule has 0 unspecified atom stereocenters. The molecule has 0 amide bonds. The summed E-state index contributed by atoms with van der Waals surface area (Å²) in [4.78, 5) is 25.5. The molecule has 2 aromatic carbocycles. The number of carbonyl (C=O) groups excluding carboxylic acids is 2. The lowest BCUT2D eigenvalue weighted by Crippen LogP contribution is -2.24. The largest absolute Gasteiger partial charge is 0.872 e. The standard InChI is InChI=1S/C20H20O8/c1-8(21)3-2-4-12(23)17-14(25)7-11-16(20(17)28)19(27)15-10(18(11)26)5-9(22)6-13(15)24/h5-8,12,21-25,28H,2-4H2,1H3/p-1/t8-,12-/m0/s1. The van der Waals surface area contributed by atoms with Crippen LogP contribution in [0.25, 0.3) is 0 Å². The van der Waals surface area contributed by atoms with Gasteiger partial charge in [-0.15, -0.1) is 0 Å². The van der Waals surface area contributed by atoms with Crippen LogP contribution in [-0.2, 0) is 0 Å². The van der Waals surface area contributed by atoms with Crippen molar-refractivity contribution in [1.82, 2.24) is 0 Å². The molecule has 28 heavy (non-hydrogen) atoms. The van der Waals surface area contributed by atoms with E-state index in [0.717, 1.165) is 18.2 Å². The number of hydrogen-bond acceptors (Lipinski definition) is 8. The molecule has 2 atom stereocenters. The van der Waals surface area contributed by atoms with Crippen LogP contribution < -0.4 is 5.11 Å². The molecule has 2 aromatic rings. The fourth-order valence-corrected chi connectivity index (χ4v) is 3.44. The Morgan fingerprint density at radius 1 is 0.893 bits per heavy atom. The molecule has 8 nitrogen and oxygen atoms in total. The summed E-state index contributed by atoms with van der Waals surface area (Å²) in [6, 6.07) is 2.82. The van der Waals surface area contributed by atoms with Crippen LogP contribution in [0.15, 0.2) is 18.2 Å². The van der Waals surface area contributed by atoms with E-state index in [1.165, 1.54) is 0 Å². The summed E-state index contributed by atoms with van der Waals surface area (Å²) in [7, 11) is 0. The van der Waals surface area contributed by atoms with E-state index in [-0.39, 0.29) is 17.5 Å². The maximum Gasteiger partial charge on any atom is 0.197 e. The summed E-state index contributed by atoms with van der Waals surface area (Å²) < 4.78 is 0. The molecule has 0 bridgehead atoms. The monoisotopic (exact) mass is 387 g/mol. The Labute approximate surface area is 159 Å². The van der Waals surface area contributed by atoms with Crippen molar-refractivity contribution in [2.75, 3.05) is 0 Å². The summed E-state index contributed by atoms with van der Waals surface area (Å²) in [6.45, 7) is 1.58. The number of fused-ring (bicyclic) bond motifs is 2. The molecule has 0 aromatic heterocycles. The number of hydrogen-bond donors (Lipinski definition) is 5. The minimum atomic E-state index is -1.39. The van der Waals surface area contributed by atoms with Crippen molar-refractivity contribution in [1.29, 1.82) is 0 Å². The quantitative estimate of drug-likeness (QED) is 0.437. The summed E-state index contributed by atoms with van der Waals surface area (Å²) in [6.07, 6.45) is -1.19. The van der Waals surface area contributed by atoms with Crippen molar-refractivity contribution < 1.29 is 40.2 Å². The zero-order chi connectivity index (χ0) is 20.7. The van der Waals surface area contributed by atoms with Gasteiger partial charge in [-0.2, -0.15) is 0 Å². The van der Waals surface area contributed by atoms with Crippen LogP contribution in [-0.4, -0.2) is 43.2 Å². The van der Waals surface area contributed by atoms with Gasteiger partial charge < -0.3 is 30.6 Å². The third kappa shape index (κ3) is 3.17. The van der Waals surface area contributed by atoms with Crippen LogP contribution in [0.2, 0.25) is 0 Å². The molecule has 0 aliphatic heterocycles. The maximum absolute atomic E-state index is 12.8. The van der Waals surface area contributed by atoms with Crippen molar-refractivity contribution in [2.24, 2.45) is 0 Å².